The molecule has 0 saturated carbocycles. The van der Waals surface area contributed by atoms with Gasteiger partial charge < -0.3 is 19.1 Å². The van der Waals surface area contributed by atoms with Crippen molar-refractivity contribution in [2.75, 3.05) is 0 Å². The van der Waals surface area contributed by atoms with Crippen molar-refractivity contribution in [3.05, 3.63) is 0 Å². The fourth-order valence-electron chi connectivity index (χ4n) is 0. The predicted octanol–water partition coefficient (Wildman–Crippen LogP) is -2.61. The molecule has 8 heteroatoms. The summed E-state index contributed by atoms with van der Waals surface area (Å²) in [6.45, 7) is 0. The van der Waals surface area contributed by atoms with Gasteiger partial charge in [0.15, 0.2) is 7.97 Å². The molecule has 0 aliphatic carbocycles. The van der Waals surface area contributed by atoms with E-state index >= 15 is 0 Å². The normalized spacial score (nSPS) is 8.88. The van der Waals surface area contributed by atoms with Crippen molar-refractivity contribution in [1.82, 2.24) is 0 Å². The first-order valence-corrected chi connectivity index (χ1v) is 8.25. The second-order valence-electron chi connectivity index (χ2n) is 0.749. The Morgan fingerprint density at radius 2 is 1.38 bits per heavy atom. The minimum atomic E-state index is -4.64. The number of hydrogen-bond donors (Lipinski definition) is 3. The first-order valence-electron chi connectivity index (χ1n) is 1.60. The Bertz CT molecular complexity index is 86.3. The van der Waals surface area contributed by atoms with E-state index in [0.29, 0.717) is 0 Å². The molecule has 0 rings (SSSR count). The fraction of sp³-hybridized carbons (Fsp3) is 0. The summed E-state index contributed by atoms with van der Waals surface area (Å²) in [4.78, 5) is 21.6. The Morgan fingerprint density at radius 3 is 1.38 bits per heavy atom. The van der Waals surface area contributed by atoms with E-state index in [9.17, 15) is 0 Å². The zero-order valence-corrected chi connectivity index (χ0v) is 8.23. The van der Waals surface area contributed by atoms with Crippen molar-refractivity contribution >= 4 is 31.4 Å². The van der Waals surface area contributed by atoms with Gasteiger partial charge in [0.05, 0.1) is 0 Å². The van der Waals surface area contributed by atoms with Crippen LogP contribution in [0.2, 0.25) is 0 Å². The van der Waals surface area contributed by atoms with Gasteiger partial charge in [-0.05, 0) is 0 Å². The molecule has 0 saturated heterocycles. The number of phosphoric acid groups is 1. The Hall–Kier alpha value is 0.659. The molecule has 0 aromatic carbocycles. The van der Waals surface area contributed by atoms with E-state index in [1.54, 1.807) is 0 Å². The molecule has 0 radical (unpaired) electrons. The highest BCUT2D eigenvalue weighted by atomic mass is 31.2. The molecule has 0 fully saturated rings. The molecule has 0 heterocycles. The summed E-state index contributed by atoms with van der Waals surface area (Å²) in [7, 11) is -5.00. The maximum absolute atomic E-state index is 9.08. The van der Waals surface area contributed by atoms with Gasteiger partial charge in [-0.15, -0.1) is 0 Å². The largest absolute Gasteiger partial charge is 0.466 e. The van der Waals surface area contributed by atoms with Crippen LogP contribution in [0, 0.1) is 0 Å². The second kappa shape index (κ2) is 5.79. The molecule has 0 aliphatic rings. The summed E-state index contributed by atoms with van der Waals surface area (Å²) in [5, 5.41) is 0. The van der Waals surface area contributed by atoms with Gasteiger partial charge >= 0.3 is 7.82 Å². The van der Waals surface area contributed by atoms with Crippen LogP contribution in [-0.2, 0) is 9.03 Å². The van der Waals surface area contributed by atoms with Crippen LogP contribution in [0.25, 0.3) is 0 Å². The van der Waals surface area contributed by atoms with Crippen LogP contribution in [0.3, 0.4) is 0 Å². The smallest absolute Gasteiger partial charge is 0.411 e. The van der Waals surface area contributed by atoms with E-state index in [1.807, 2.05) is 0 Å². The molecule has 0 aliphatic heterocycles. The summed E-state index contributed by atoms with van der Waals surface area (Å²) >= 11 is 0.897. The van der Waals surface area contributed by atoms with Crippen molar-refractivity contribution in [3.63, 3.8) is 0 Å². The molecule has 0 spiro atoms. The lowest BCUT2D eigenvalue weighted by atomic mass is 15.8. The van der Waals surface area contributed by atoms with Crippen molar-refractivity contribution < 1.29 is 23.7 Å². The van der Waals surface area contributed by atoms with E-state index in [-0.39, 0.29) is 7.97 Å². The highest BCUT2D eigenvalue weighted by Crippen LogP contribution is 2.25. The van der Waals surface area contributed by atoms with Gasteiger partial charge in [-0.2, -0.15) is 0 Å². The van der Waals surface area contributed by atoms with Crippen molar-refractivity contribution in [3.8, 4) is 0 Å². The van der Waals surface area contributed by atoms with Crippen LogP contribution in [0.15, 0.2) is 0 Å². The van der Waals surface area contributed by atoms with Gasteiger partial charge in [0.25, 0.3) is 15.6 Å². The molecule has 0 unspecified atom stereocenters. The molecule has 0 atom stereocenters. The first kappa shape index (κ1) is 11.5. The predicted molar refractivity (Wildman–Crippen MR) is 30.6 cm³/mol. The summed E-state index contributed by atoms with van der Waals surface area (Å²) in [5.41, 5.74) is 0. The Kier molecular flexibility index (Phi) is 8.29. The SMILES string of the molecule is O=P(O)(O)O.O=[SiH][AlH2]. The average molecular weight is 172 g/mol. The maximum Gasteiger partial charge on any atom is 0.466 e. The zero-order valence-electron chi connectivity index (χ0n) is 4.18. The fourth-order valence-corrected chi connectivity index (χ4v) is 0. The van der Waals surface area contributed by atoms with Gasteiger partial charge in [0.1, 0.15) is 0 Å². The third-order valence-electron chi connectivity index (χ3n) is 0. The lowest BCUT2D eigenvalue weighted by molar-refractivity contribution is 0.275. The van der Waals surface area contributed by atoms with Crippen molar-refractivity contribution in [1.29, 1.82) is 0 Å². The van der Waals surface area contributed by atoms with Gasteiger partial charge in [-0.1, -0.05) is 0 Å². The highest BCUT2D eigenvalue weighted by Gasteiger charge is 2.00. The van der Waals surface area contributed by atoms with Crippen LogP contribution < -0.4 is 0 Å². The lowest BCUT2D eigenvalue weighted by Crippen LogP contribution is -1.66. The van der Waals surface area contributed by atoms with Crippen LogP contribution >= 0.6 is 7.82 Å². The van der Waals surface area contributed by atoms with Gasteiger partial charge in [-0.3, -0.25) is 0 Å². The molecular formula is H6AlO5PSi. The molecule has 0 aromatic heterocycles. The first-order chi connectivity index (χ1) is 3.41. The Balaban J connectivity index is 0. The molecule has 0 amide bonds. The molecule has 0 bridgehead atoms. The average Bonchev–Trinajstić information content (AvgIpc) is 1.27. The molecule has 5 nitrogen and oxygen atoms in total. The van der Waals surface area contributed by atoms with E-state index < -0.39 is 7.82 Å². The quantitative estimate of drug-likeness (QED) is 0.275. The highest BCUT2D eigenvalue weighted by molar-refractivity contribution is 7.45. The van der Waals surface area contributed by atoms with Gasteiger partial charge in [0, 0.05) is 0 Å². The summed E-state index contributed by atoms with van der Waals surface area (Å²) in [6, 6.07) is 0. The molecule has 3 N–H and O–H groups in total. The third kappa shape index (κ3) is 491. The second-order valence-corrected chi connectivity index (χ2v) is 3.66. The number of rotatable bonds is 0. The molecule has 0 aromatic rings. The third-order valence-corrected chi connectivity index (χ3v) is 0. The minimum Gasteiger partial charge on any atom is -0.411 e. The van der Waals surface area contributed by atoms with E-state index in [4.69, 9.17) is 23.7 Å². The monoisotopic (exact) mass is 172 g/mol. The van der Waals surface area contributed by atoms with Crippen molar-refractivity contribution in [2.24, 2.45) is 0 Å². The van der Waals surface area contributed by atoms with Gasteiger partial charge in [-0.25, -0.2) is 4.57 Å². The Labute approximate surface area is 55.7 Å². The van der Waals surface area contributed by atoms with E-state index in [0.717, 1.165) is 15.6 Å². The summed E-state index contributed by atoms with van der Waals surface area (Å²) in [5.74, 6) is 0. The summed E-state index contributed by atoms with van der Waals surface area (Å²) in [6.07, 6.45) is 0. The van der Waals surface area contributed by atoms with Gasteiger partial charge in [0.2, 0.25) is 0 Å². The topological polar surface area (TPSA) is 94.8 Å². The Morgan fingerprint density at radius 1 is 1.38 bits per heavy atom. The lowest BCUT2D eigenvalue weighted by Gasteiger charge is -1.82. The van der Waals surface area contributed by atoms with Crippen LogP contribution in [0.5, 0.6) is 0 Å². The van der Waals surface area contributed by atoms with Crippen LogP contribution in [0.4, 0.5) is 0 Å². The molecule has 48 valence electrons. The molecular weight excluding hydrogens is 166 g/mol. The van der Waals surface area contributed by atoms with Crippen LogP contribution in [0.1, 0.15) is 0 Å². The van der Waals surface area contributed by atoms with E-state index in [1.165, 1.54) is 0 Å². The van der Waals surface area contributed by atoms with Crippen LogP contribution in [-0.4, -0.2) is 38.3 Å². The minimum absolute atomic E-state index is 0.361. The number of hydrogen-bond acceptors (Lipinski definition) is 2. The zero-order chi connectivity index (χ0) is 7.21. The summed E-state index contributed by atoms with van der Waals surface area (Å²) < 4.78 is 18.0. The van der Waals surface area contributed by atoms with Crippen molar-refractivity contribution in [2.45, 2.75) is 0 Å². The molecule has 8 heavy (non-hydrogen) atoms. The standard InChI is InChI=1S/Al.H3O4P.HOSi.2H/c;1-5(2,3)4;1-2;;/h;(H3,1,2,3,4);2H;;. The maximum atomic E-state index is 9.08. The van der Waals surface area contributed by atoms with E-state index in [2.05, 4.69) is 0 Å².